The van der Waals surface area contributed by atoms with Crippen LogP contribution in [-0.2, 0) is 9.57 Å². The Morgan fingerprint density at radius 3 is 2.59 bits per heavy atom. The normalized spacial score (nSPS) is 9.47. The molecule has 0 heterocycles. The van der Waals surface area contributed by atoms with Crippen LogP contribution < -0.4 is 5.48 Å². The lowest BCUT2D eigenvalue weighted by Gasteiger charge is -2.06. The monoisotopic (exact) mass is 237 g/mol. The van der Waals surface area contributed by atoms with Crippen molar-refractivity contribution < 1.29 is 19.2 Å². The fourth-order valence-electron chi connectivity index (χ4n) is 1.06. The van der Waals surface area contributed by atoms with E-state index in [0.29, 0.717) is 12.2 Å². The summed E-state index contributed by atoms with van der Waals surface area (Å²) >= 11 is 0. The number of hydrogen-bond acceptors (Lipinski definition) is 4. The third-order valence-corrected chi connectivity index (χ3v) is 1.97. The molecule has 92 valence electrons. The summed E-state index contributed by atoms with van der Waals surface area (Å²) in [6.45, 7) is 2.29. The van der Waals surface area contributed by atoms with Crippen molar-refractivity contribution in [2.75, 3.05) is 6.61 Å². The van der Waals surface area contributed by atoms with E-state index in [1.807, 2.05) is 12.4 Å². The molecule has 0 unspecified atom stereocenters. The van der Waals surface area contributed by atoms with Crippen LogP contribution in [0.25, 0.3) is 0 Å². The summed E-state index contributed by atoms with van der Waals surface area (Å²) < 4.78 is 4.74. The first-order chi connectivity index (χ1) is 8.24. The minimum Gasteiger partial charge on any atom is -0.447 e. The van der Waals surface area contributed by atoms with Crippen LogP contribution in [0.1, 0.15) is 30.1 Å². The largest absolute Gasteiger partial charge is 0.447 e. The van der Waals surface area contributed by atoms with Crippen molar-refractivity contribution >= 4 is 12.1 Å². The molecule has 1 amide bonds. The molecule has 1 N–H and O–H groups in total. The zero-order valence-corrected chi connectivity index (χ0v) is 9.64. The first-order valence-corrected chi connectivity index (χ1v) is 5.43. The molecule has 0 saturated heterocycles. The van der Waals surface area contributed by atoms with Crippen molar-refractivity contribution in [1.82, 2.24) is 5.48 Å². The lowest BCUT2D eigenvalue weighted by Crippen LogP contribution is -2.28. The Morgan fingerprint density at radius 1 is 1.24 bits per heavy atom. The van der Waals surface area contributed by atoms with Gasteiger partial charge in [0.05, 0.1) is 12.2 Å². The molecule has 17 heavy (non-hydrogen) atoms. The molecule has 5 heteroatoms. The number of ether oxygens (including phenoxy) is 1. The quantitative estimate of drug-likeness (QED) is 0.644. The molecule has 5 nitrogen and oxygen atoms in total. The standard InChI is InChI=1S/C12H15NO4/c1-2-3-9-16-12(15)13-17-11(14)10-7-5-4-6-8-10/h4-8H,2-3,9H2,1H3,(H,13,15). The number of benzene rings is 1. The second-order valence-corrected chi connectivity index (χ2v) is 3.35. The maximum atomic E-state index is 11.4. The maximum absolute atomic E-state index is 11.4. The Morgan fingerprint density at radius 2 is 1.94 bits per heavy atom. The summed E-state index contributed by atoms with van der Waals surface area (Å²) in [6.07, 6.45) is 0.944. The second-order valence-electron chi connectivity index (χ2n) is 3.35. The highest BCUT2D eigenvalue weighted by Crippen LogP contribution is 1.99. The van der Waals surface area contributed by atoms with Crippen molar-refractivity contribution in [3.05, 3.63) is 35.9 Å². The van der Waals surface area contributed by atoms with Crippen LogP contribution in [0.4, 0.5) is 4.79 Å². The number of carbonyl (C=O) groups is 2. The van der Waals surface area contributed by atoms with Crippen LogP contribution in [0.2, 0.25) is 0 Å². The number of hydroxylamine groups is 1. The van der Waals surface area contributed by atoms with E-state index in [1.54, 1.807) is 30.3 Å². The van der Waals surface area contributed by atoms with Crippen LogP contribution in [-0.4, -0.2) is 18.7 Å². The lowest BCUT2D eigenvalue weighted by atomic mass is 10.2. The molecule has 0 bridgehead atoms. The summed E-state index contributed by atoms with van der Waals surface area (Å²) in [4.78, 5) is 27.0. The molecule has 0 aliphatic rings. The van der Waals surface area contributed by atoms with Crippen LogP contribution in [0.5, 0.6) is 0 Å². The highest BCUT2D eigenvalue weighted by Gasteiger charge is 2.09. The van der Waals surface area contributed by atoms with Crippen molar-refractivity contribution in [2.24, 2.45) is 0 Å². The topological polar surface area (TPSA) is 64.6 Å². The SMILES string of the molecule is CCCCOC(=O)NOC(=O)c1ccccc1. The Bertz CT molecular complexity index is 364. The summed E-state index contributed by atoms with van der Waals surface area (Å²) in [5.41, 5.74) is 2.29. The molecule has 1 rings (SSSR count). The molecule has 0 spiro atoms. The molecular weight excluding hydrogens is 222 g/mol. The average molecular weight is 237 g/mol. The van der Waals surface area contributed by atoms with E-state index < -0.39 is 12.1 Å². The molecule has 0 atom stereocenters. The van der Waals surface area contributed by atoms with E-state index in [4.69, 9.17) is 4.74 Å². The van der Waals surface area contributed by atoms with Crippen LogP contribution in [0, 0.1) is 0 Å². The second kappa shape index (κ2) is 7.27. The van der Waals surface area contributed by atoms with E-state index in [-0.39, 0.29) is 0 Å². The van der Waals surface area contributed by atoms with Gasteiger partial charge in [-0.1, -0.05) is 31.5 Å². The van der Waals surface area contributed by atoms with Crippen molar-refractivity contribution in [2.45, 2.75) is 19.8 Å². The number of hydrogen-bond donors (Lipinski definition) is 1. The van der Waals surface area contributed by atoms with Crippen LogP contribution in [0.3, 0.4) is 0 Å². The maximum Gasteiger partial charge on any atom is 0.440 e. The van der Waals surface area contributed by atoms with Crippen molar-refractivity contribution in [3.8, 4) is 0 Å². The third kappa shape index (κ3) is 5.01. The first-order valence-electron chi connectivity index (χ1n) is 5.43. The molecule has 0 saturated carbocycles. The van der Waals surface area contributed by atoms with Gasteiger partial charge >= 0.3 is 12.1 Å². The smallest absolute Gasteiger partial charge is 0.440 e. The van der Waals surface area contributed by atoms with Gasteiger partial charge in [0, 0.05) is 0 Å². The van der Waals surface area contributed by atoms with Crippen molar-refractivity contribution in [3.63, 3.8) is 0 Å². The molecule has 0 fully saturated rings. The zero-order valence-electron chi connectivity index (χ0n) is 9.64. The Hall–Kier alpha value is -2.04. The molecule has 0 radical (unpaired) electrons. The van der Waals surface area contributed by atoms with Gasteiger partial charge in [0.2, 0.25) is 0 Å². The highest BCUT2D eigenvalue weighted by molar-refractivity contribution is 5.89. The van der Waals surface area contributed by atoms with Gasteiger partial charge in [-0.25, -0.2) is 9.59 Å². The fourth-order valence-corrected chi connectivity index (χ4v) is 1.06. The van der Waals surface area contributed by atoms with Crippen LogP contribution >= 0.6 is 0 Å². The molecule has 0 aromatic heterocycles. The molecular formula is C12H15NO4. The summed E-state index contributed by atoms with van der Waals surface area (Å²) in [5, 5.41) is 0. The van der Waals surface area contributed by atoms with Gasteiger partial charge in [-0.2, -0.15) is 0 Å². The van der Waals surface area contributed by atoms with Gasteiger partial charge in [-0.05, 0) is 18.6 Å². The number of unbranched alkanes of at least 4 members (excludes halogenated alkanes) is 1. The van der Waals surface area contributed by atoms with Gasteiger partial charge in [0.25, 0.3) is 0 Å². The van der Waals surface area contributed by atoms with E-state index in [2.05, 4.69) is 4.84 Å². The summed E-state index contributed by atoms with van der Waals surface area (Å²) in [5.74, 6) is -0.627. The zero-order chi connectivity index (χ0) is 12.5. The van der Waals surface area contributed by atoms with E-state index in [9.17, 15) is 9.59 Å². The average Bonchev–Trinajstić information content (AvgIpc) is 2.37. The van der Waals surface area contributed by atoms with E-state index >= 15 is 0 Å². The summed E-state index contributed by atoms with van der Waals surface area (Å²) in [6, 6.07) is 8.37. The van der Waals surface area contributed by atoms with Gasteiger partial charge in [-0.15, -0.1) is 5.48 Å². The van der Waals surface area contributed by atoms with Gasteiger partial charge in [0.15, 0.2) is 0 Å². The minimum absolute atomic E-state index is 0.311. The number of nitrogens with one attached hydrogen (secondary N) is 1. The Kier molecular flexibility index (Phi) is 5.57. The lowest BCUT2D eigenvalue weighted by molar-refractivity contribution is 0.0207. The molecule has 1 aromatic carbocycles. The number of rotatable bonds is 4. The molecule has 1 aromatic rings. The minimum atomic E-state index is -0.761. The van der Waals surface area contributed by atoms with Crippen LogP contribution in [0.15, 0.2) is 30.3 Å². The Balaban J connectivity index is 2.26. The fraction of sp³-hybridized carbons (Fsp3) is 0.333. The van der Waals surface area contributed by atoms with Gasteiger partial charge in [-0.3, -0.25) is 0 Å². The number of amides is 1. The Labute approximate surface area is 99.7 Å². The first kappa shape index (κ1) is 13.0. The predicted octanol–water partition coefficient (Wildman–Crippen LogP) is 2.28. The third-order valence-electron chi connectivity index (χ3n) is 1.97. The highest BCUT2D eigenvalue weighted by atomic mass is 16.7. The molecule has 0 aliphatic carbocycles. The van der Waals surface area contributed by atoms with E-state index in [0.717, 1.165) is 12.8 Å². The van der Waals surface area contributed by atoms with Gasteiger partial charge in [0.1, 0.15) is 0 Å². The molecule has 0 aliphatic heterocycles. The number of carbonyl (C=O) groups excluding carboxylic acids is 2. The predicted molar refractivity (Wildman–Crippen MR) is 61.2 cm³/mol. The van der Waals surface area contributed by atoms with Crippen molar-refractivity contribution in [1.29, 1.82) is 0 Å². The summed E-state index contributed by atoms with van der Waals surface area (Å²) in [7, 11) is 0. The van der Waals surface area contributed by atoms with Gasteiger partial charge < -0.3 is 9.57 Å². The van der Waals surface area contributed by atoms with E-state index in [1.165, 1.54) is 0 Å².